The Kier molecular flexibility index (Phi) is 6.15. The SMILES string of the molecule is CCc1cccc(C)c1NC(=O)C1CCN(S(=O)(=O)c2ccccc2F)CC1. The van der Waals surface area contributed by atoms with Gasteiger partial charge in [0.05, 0.1) is 0 Å². The molecular formula is C21H25FN2O3S. The Morgan fingerprint density at radius 1 is 1.14 bits per heavy atom. The van der Waals surface area contributed by atoms with Crippen molar-refractivity contribution in [2.45, 2.75) is 38.0 Å². The number of para-hydroxylation sites is 1. The molecule has 1 N–H and O–H groups in total. The molecule has 0 saturated carbocycles. The molecule has 0 aliphatic carbocycles. The van der Waals surface area contributed by atoms with Crippen molar-refractivity contribution in [3.63, 3.8) is 0 Å². The summed E-state index contributed by atoms with van der Waals surface area (Å²) in [5, 5.41) is 3.03. The lowest BCUT2D eigenvalue weighted by atomic mass is 9.96. The Hall–Kier alpha value is -2.25. The molecule has 1 aliphatic rings. The van der Waals surface area contributed by atoms with Gasteiger partial charge in [0.15, 0.2) is 0 Å². The van der Waals surface area contributed by atoms with Gasteiger partial charge in [-0.05, 0) is 49.4 Å². The van der Waals surface area contributed by atoms with E-state index in [9.17, 15) is 17.6 Å². The highest BCUT2D eigenvalue weighted by Gasteiger charge is 2.33. The minimum atomic E-state index is -3.89. The van der Waals surface area contributed by atoms with E-state index in [1.165, 1.54) is 22.5 Å². The molecule has 28 heavy (non-hydrogen) atoms. The van der Waals surface area contributed by atoms with Crippen LogP contribution in [0, 0.1) is 18.7 Å². The van der Waals surface area contributed by atoms with E-state index in [-0.39, 0.29) is 29.8 Å². The average molecular weight is 405 g/mol. The quantitative estimate of drug-likeness (QED) is 0.826. The largest absolute Gasteiger partial charge is 0.325 e. The molecule has 150 valence electrons. The van der Waals surface area contributed by atoms with E-state index in [4.69, 9.17) is 0 Å². The van der Waals surface area contributed by atoms with Crippen LogP contribution >= 0.6 is 0 Å². The average Bonchev–Trinajstić information content (AvgIpc) is 2.69. The zero-order chi connectivity index (χ0) is 20.3. The number of rotatable bonds is 5. The molecule has 1 fully saturated rings. The minimum absolute atomic E-state index is 0.0908. The normalized spacial score (nSPS) is 16.1. The van der Waals surface area contributed by atoms with Crippen molar-refractivity contribution >= 4 is 21.6 Å². The summed E-state index contributed by atoms with van der Waals surface area (Å²) in [5.74, 6) is -1.11. The highest BCUT2D eigenvalue weighted by molar-refractivity contribution is 7.89. The maximum atomic E-state index is 13.9. The third-order valence-electron chi connectivity index (χ3n) is 5.27. The number of amides is 1. The fourth-order valence-electron chi connectivity index (χ4n) is 3.58. The second kappa shape index (κ2) is 8.41. The number of piperidine rings is 1. The first-order valence-corrected chi connectivity index (χ1v) is 10.9. The smallest absolute Gasteiger partial charge is 0.245 e. The lowest BCUT2D eigenvalue weighted by molar-refractivity contribution is -0.120. The topological polar surface area (TPSA) is 66.5 Å². The standard InChI is InChI=1S/C21H25FN2O3S/c1-3-16-8-6-7-15(2)20(16)23-21(25)17-11-13-24(14-12-17)28(26,27)19-10-5-4-9-18(19)22/h4-10,17H,3,11-14H2,1-2H3,(H,23,25). The van der Waals surface area contributed by atoms with E-state index in [0.717, 1.165) is 29.3 Å². The molecule has 0 radical (unpaired) electrons. The van der Waals surface area contributed by atoms with Gasteiger partial charge in [0, 0.05) is 24.7 Å². The number of carbonyl (C=O) groups excluding carboxylic acids is 1. The van der Waals surface area contributed by atoms with E-state index in [0.29, 0.717) is 12.8 Å². The molecule has 1 heterocycles. The first-order chi connectivity index (χ1) is 13.3. The van der Waals surface area contributed by atoms with Gasteiger partial charge in [-0.15, -0.1) is 0 Å². The van der Waals surface area contributed by atoms with Gasteiger partial charge in [-0.25, -0.2) is 12.8 Å². The van der Waals surface area contributed by atoms with Gasteiger partial charge < -0.3 is 5.32 Å². The fourth-order valence-corrected chi connectivity index (χ4v) is 5.11. The van der Waals surface area contributed by atoms with Gasteiger partial charge in [-0.2, -0.15) is 4.31 Å². The van der Waals surface area contributed by atoms with Crippen molar-refractivity contribution in [2.24, 2.45) is 5.92 Å². The van der Waals surface area contributed by atoms with Gasteiger partial charge in [-0.3, -0.25) is 4.79 Å². The molecule has 1 saturated heterocycles. The maximum Gasteiger partial charge on any atom is 0.245 e. The van der Waals surface area contributed by atoms with Crippen LogP contribution in [0.2, 0.25) is 0 Å². The molecule has 1 aliphatic heterocycles. The number of nitrogens with zero attached hydrogens (tertiary/aromatic N) is 1. The molecule has 0 aromatic heterocycles. The molecule has 7 heteroatoms. The van der Waals surface area contributed by atoms with Gasteiger partial charge in [0.1, 0.15) is 10.7 Å². The Bertz CT molecular complexity index is 967. The fraction of sp³-hybridized carbons (Fsp3) is 0.381. The highest BCUT2D eigenvalue weighted by atomic mass is 32.2. The van der Waals surface area contributed by atoms with Crippen molar-refractivity contribution in [3.8, 4) is 0 Å². The molecule has 5 nitrogen and oxygen atoms in total. The number of halogens is 1. The molecule has 1 amide bonds. The number of anilines is 1. The Labute approximate surface area is 165 Å². The van der Waals surface area contributed by atoms with Crippen molar-refractivity contribution in [2.75, 3.05) is 18.4 Å². The van der Waals surface area contributed by atoms with E-state index < -0.39 is 15.8 Å². The maximum absolute atomic E-state index is 13.9. The molecular weight excluding hydrogens is 379 g/mol. The zero-order valence-corrected chi connectivity index (χ0v) is 16.9. The van der Waals surface area contributed by atoms with Crippen molar-refractivity contribution in [1.82, 2.24) is 4.31 Å². The Balaban J connectivity index is 1.67. The summed E-state index contributed by atoms with van der Waals surface area (Å²) in [4.78, 5) is 12.4. The van der Waals surface area contributed by atoms with Crippen LogP contribution in [-0.4, -0.2) is 31.7 Å². The summed E-state index contributed by atoms with van der Waals surface area (Å²) in [6, 6.07) is 11.3. The van der Waals surface area contributed by atoms with E-state index in [1.54, 1.807) is 0 Å². The highest BCUT2D eigenvalue weighted by Crippen LogP contribution is 2.27. The van der Waals surface area contributed by atoms with Crippen LogP contribution in [0.5, 0.6) is 0 Å². The third-order valence-corrected chi connectivity index (χ3v) is 7.20. The second-order valence-corrected chi connectivity index (χ2v) is 8.97. The number of aryl methyl sites for hydroxylation is 2. The second-order valence-electron chi connectivity index (χ2n) is 7.06. The monoisotopic (exact) mass is 404 g/mol. The van der Waals surface area contributed by atoms with Crippen molar-refractivity contribution in [3.05, 3.63) is 59.4 Å². The molecule has 2 aromatic carbocycles. The van der Waals surface area contributed by atoms with Crippen molar-refractivity contribution in [1.29, 1.82) is 0 Å². The first-order valence-electron chi connectivity index (χ1n) is 9.48. The van der Waals surface area contributed by atoms with Gasteiger partial charge in [0.25, 0.3) is 0 Å². The predicted molar refractivity (Wildman–Crippen MR) is 107 cm³/mol. The van der Waals surface area contributed by atoms with Gasteiger partial charge in [-0.1, -0.05) is 37.3 Å². The van der Waals surface area contributed by atoms with Crippen LogP contribution in [0.3, 0.4) is 0 Å². The lowest BCUT2D eigenvalue weighted by Gasteiger charge is -2.31. The molecule has 0 spiro atoms. The van der Waals surface area contributed by atoms with Gasteiger partial charge >= 0.3 is 0 Å². The minimum Gasteiger partial charge on any atom is -0.325 e. The summed E-state index contributed by atoms with van der Waals surface area (Å²) in [6.07, 6.45) is 1.64. The van der Waals surface area contributed by atoms with Crippen molar-refractivity contribution < 1.29 is 17.6 Å². The summed E-state index contributed by atoms with van der Waals surface area (Å²) in [5.41, 5.74) is 2.93. The molecule has 0 bridgehead atoms. The van der Waals surface area contributed by atoms with Crippen LogP contribution in [0.15, 0.2) is 47.4 Å². The molecule has 0 unspecified atom stereocenters. The van der Waals surface area contributed by atoms with E-state index in [1.807, 2.05) is 32.0 Å². The Morgan fingerprint density at radius 2 is 1.82 bits per heavy atom. The Morgan fingerprint density at radius 3 is 2.46 bits per heavy atom. The van der Waals surface area contributed by atoms with E-state index in [2.05, 4.69) is 5.32 Å². The summed E-state index contributed by atoms with van der Waals surface area (Å²) >= 11 is 0. The third kappa shape index (κ3) is 4.10. The lowest BCUT2D eigenvalue weighted by Crippen LogP contribution is -2.41. The van der Waals surface area contributed by atoms with Crippen LogP contribution in [0.4, 0.5) is 10.1 Å². The van der Waals surface area contributed by atoms with Crippen LogP contribution in [0.25, 0.3) is 0 Å². The number of benzene rings is 2. The summed E-state index contributed by atoms with van der Waals surface area (Å²) in [7, 11) is -3.89. The van der Waals surface area contributed by atoms with Gasteiger partial charge in [0.2, 0.25) is 15.9 Å². The molecule has 3 rings (SSSR count). The van der Waals surface area contributed by atoms with Crippen LogP contribution in [0.1, 0.15) is 30.9 Å². The summed E-state index contributed by atoms with van der Waals surface area (Å²) in [6.45, 7) is 4.39. The zero-order valence-electron chi connectivity index (χ0n) is 16.1. The molecule has 0 atom stereocenters. The first kappa shape index (κ1) is 20.5. The van der Waals surface area contributed by atoms with E-state index >= 15 is 0 Å². The number of carbonyl (C=O) groups is 1. The number of hydrogen-bond donors (Lipinski definition) is 1. The number of nitrogens with one attached hydrogen (secondary N) is 1. The molecule has 2 aromatic rings. The number of sulfonamides is 1. The predicted octanol–water partition coefficient (Wildman–Crippen LogP) is 3.74. The number of hydrogen-bond acceptors (Lipinski definition) is 3. The van der Waals surface area contributed by atoms with Crippen LogP contribution in [-0.2, 0) is 21.2 Å². The summed E-state index contributed by atoms with van der Waals surface area (Å²) < 4.78 is 40.6. The van der Waals surface area contributed by atoms with Crippen LogP contribution < -0.4 is 5.32 Å².